The summed E-state index contributed by atoms with van der Waals surface area (Å²) in [6.07, 6.45) is 1.65. The molecule has 2 heterocycles. The van der Waals surface area contributed by atoms with Gasteiger partial charge in [-0.25, -0.2) is 8.42 Å². The molecule has 19 heavy (non-hydrogen) atoms. The average molecular weight is 283 g/mol. The minimum absolute atomic E-state index is 0.309. The quantitative estimate of drug-likeness (QED) is 0.892. The van der Waals surface area contributed by atoms with E-state index in [0.717, 1.165) is 30.8 Å². The zero-order valence-corrected chi connectivity index (χ0v) is 12.3. The first-order valence-electron chi connectivity index (χ1n) is 6.58. The molecule has 106 valence electrons. The van der Waals surface area contributed by atoms with Crippen LogP contribution < -0.4 is 5.32 Å². The van der Waals surface area contributed by atoms with Gasteiger partial charge >= 0.3 is 0 Å². The van der Waals surface area contributed by atoms with Crippen LogP contribution in [0.1, 0.15) is 24.2 Å². The first kappa shape index (κ1) is 14.4. The lowest BCUT2D eigenvalue weighted by atomic mass is 10.2. The minimum atomic E-state index is -3.24. The molecule has 5 nitrogen and oxygen atoms in total. The number of hydrogen-bond acceptors (Lipinski definition) is 4. The van der Waals surface area contributed by atoms with Crippen molar-refractivity contribution >= 4 is 10.0 Å². The summed E-state index contributed by atoms with van der Waals surface area (Å²) in [5.41, 5.74) is 1.69. The van der Waals surface area contributed by atoms with Gasteiger partial charge in [-0.2, -0.15) is 4.31 Å². The van der Waals surface area contributed by atoms with Crippen LogP contribution in [0.15, 0.2) is 18.2 Å². The van der Waals surface area contributed by atoms with Crippen molar-refractivity contribution in [1.29, 1.82) is 0 Å². The molecule has 1 atom stereocenters. The molecule has 0 aliphatic carbocycles. The summed E-state index contributed by atoms with van der Waals surface area (Å²) in [7, 11) is -1.61. The predicted molar refractivity (Wildman–Crippen MR) is 75.3 cm³/mol. The van der Waals surface area contributed by atoms with E-state index < -0.39 is 10.0 Å². The van der Waals surface area contributed by atoms with E-state index in [4.69, 9.17) is 0 Å². The third kappa shape index (κ3) is 3.52. The van der Waals surface area contributed by atoms with Gasteiger partial charge in [0, 0.05) is 19.3 Å². The van der Waals surface area contributed by atoms with Gasteiger partial charge in [-0.15, -0.1) is 0 Å². The van der Waals surface area contributed by atoms with Crippen LogP contribution in [-0.2, 0) is 16.6 Å². The third-order valence-corrected chi connectivity index (χ3v) is 5.68. The molecule has 1 N–H and O–H groups in total. The number of pyridine rings is 1. The van der Waals surface area contributed by atoms with E-state index >= 15 is 0 Å². The van der Waals surface area contributed by atoms with Gasteiger partial charge < -0.3 is 5.32 Å². The number of rotatable bonds is 4. The van der Waals surface area contributed by atoms with Gasteiger partial charge in [-0.1, -0.05) is 6.07 Å². The van der Waals surface area contributed by atoms with Crippen LogP contribution in [-0.4, -0.2) is 43.1 Å². The summed E-state index contributed by atoms with van der Waals surface area (Å²) in [5.74, 6) is 0. The van der Waals surface area contributed by atoms with Crippen molar-refractivity contribution in [1.82, 2.24) is 14.6 Å². The largest absolute Gasteiger partial charge is 0.315 e. The average Bonchev–Trinajstić information content (AvgIpc) is 2.39. The molecule has 0 saturated carbocycles. The molecular formula is C13H21N3O2S. The van der Waals surface area contributed by atoms with Crippen LogP contribution in [0.5, 0.6) is 0 Å². The Kier molecular flexibility index (Phi) is 4.54. The van der Waals surface area contributed by atoms with E-state index in [1.807, 2.05) is 25.1 Å². The van der Waals surface area contributed by atoms with Crippen LogP contribution in [0.25, 0.3) is 0 Å². The van der Waals surface area contributed by atoms with E-state index in [-0.39, 0.29) is 5.25 Å². The third-order valence-electron chi connectivity index (χ3n) is 3.44. The van der Waals surface area contributed by atoms with Gasteiger partial charge in [0.05, 0.1) is 17.5 Å². The van der Waals surface area contributed by atoms with Crippen LogP contribution >= 0.6 is 0 Å². The van der Waals surface area contributed by atoms with Crippen molar-refractivity contribution < 1.29 is 8.42 Å². The lowest BCUT2D eigenvalue weighted by Gasteiger charge is -2.27. The standard InChI is InChI=1S/C13H21N3O2S/c1-11-5-3-6-12(15-11)10-16(2)19(17,18)13-7-4-8-14-9-13/h3,5-6,13-14H,4,7-10H2,1-2H3. The maximum Gasteiger partial charge on any atom is 0.218 e. The fraction of sp³-hybridized carbons (Fsp3) is 0.615. The van der Waals surface area contributed by atoms with Crippen molar-refractivity contribution in [2.45, 2.75) is 31.6 Å². The van der Waals surface area contributed by atoms with Gasteiger partial charge in [0.25, 0.3) is 0 Å². The van der Waals surface area contributed by atoms with Gasteiger partial charge in [-0.3, -0.25) is 4.98 Å². The fourth-order valence-electron chi connectivity index (χ4n) is 2.33. The number of nitrogens with one attached hydrogen (secondary N) is 1. The van der Waals surface area contributed by atoms with Crippen molar-refractivity contribution in [2.75, 3.05) is 20.1 Å². The number of hydrogen-bond donors (Lipinski definition) is 1. The van der Waals surface area contributed by atoms with Gasteiger partial charge in [0.1, 0.15) is 0 Å². The molecule has 1 aliphatic heterocycles. The van der Waals surface area contributed by atoms with Crippen LogP contribution in [0, 0.1) is 6.92 Å². The lowest BCUT2D eigenvalue weighted by molar-refractivity contribution is 0.426. The van der Waals surface area contributed by atoms with E-state index in [1.165, 1.54) is 4.31 Å². The highest BCUT2D eigenvalue weighted by atomic mass is 32.2. The summed E-state index contributed by atoms with van der Waals surface area (Å²) >= 11 is 0. The van der Waals surface area contributed by atoms with Crippen molar-refractivity contribution in [2.24, 2.45) is 0 Å². The highest BCUT2D eigenvalue weighted by Crippen LogP contribution is 2.17. The first-order valence-corrected chi connectivity index (χ1v) is 8.09. The summed E-state index contributed by atoms with van der Waals surface area (Å²) in [6.45, 7) is 3.70. The molecule has 0 aromatic carbocycles. The summed E-state index contributed by atoms with van der Waals surface area (Å²) < 4.78 is 26.3. The van der Waals surface area contributed by atoms with E-state index in [0.29, 0.717) is 13.1 Å². The maximum absolute atomic E-state index is 12.4. The van der Waals surface area contributed by atoms with Gasteiger partial charge in [0.15, 0.2) is 0 Å². The summed E-state index contributed by atoms with van der Waals surface area (Å²) in [5, 5.41) is 2.84. The Morgan fingerprint density at radius 3 is 2.89 bits per heavy atom. The smallest absolute Gasteiger partial charge is 0.218 e. The maximum atomic E-state index is 12.4. The molecular weight excluding hydrogens is 262 g/mol. The van der Waals surface area contributed by atoms with Crippen molar-refractivity contribution in [3.8, 4) is 0 Å². The second-order valence-corrected chi connectivity index (χ2v) is 7.36. The molecule has 0 radical (unpaired) electrons. The molecule has 1 aliphatic rings. The zero-order chi connectivity index (χ0) is 13.9. The van der Waals surface area contributed by atoms with Crippen LogP contribution in [0.2, 0.25) is 0 Å². The molecule has 1 unspecified atom stereocenters. The van der Waals surface area contributed by atoms with E-state index in [9.17, 15) is 8.42 Å². The van der Waals surface area contributed by atoms with Gasteiger partial charge in [0.2, 0.25) is 10.0 Å². The van der Waals surface area contributed by atoms with Crippen LogP contribution in [0.3, 0.4) is 0 Å². The lowest BCUT2D eigenvalue weighted by Crippen LogP contribution is -2.44. The topological polar surface area (TPSA) is 62.3 Å². The number of piperidine rings is 1. The molecule has 0 bridgehead atoms. The molecule has 1 aromatic heterocycles. The summed E-state index contributed by atoms with van der Waals surface area (Å²) in [6, 6.07) is 5.67. The van der Waals surface area contributed by atoms with Gasteiger partial charge in [-0.05, 0) is 38.4 Å². The summed E-state index contributed by atoms with van der Waals surface area (Å²) in [4.78, 5) is 4.35. The highest BCUT2D eigenvalue weighted by molar-refractivity contribution is 7.89. The van der Waals surface area contributed by atoms with Crippen molar-refractivity contribution in [3.05, 3.63) is 29.6 Å². The first-order chi connectivity index (χ1) is 9.00. The molecule has 0 amide bonds. The van der Waals surface area contributed by atoms with Crippen LogP contribution in [0.4, 0.5) is 0 Å². The molecule has 6 heteroatoms. The number of sulfonamides is 1. The Labute approximate surface area is 115 Å². The SMILES string of the molecule is Cc1cccc(CN(C)S(=O)(=O)C2CCCNC2)n1. The van der Waals surface area contributed by atoms with E-state index in [2.05, 4.69) is 10.3 Å². The molecule has 2 rings (SSSR count). The Hall–Kier alpha value is -0.980. The molecule has 1 fully saturated rings. The molecule has 1 saturated heterocycles. The Balaban J connectivity index is 2.07. The number of aryl methyl sites for hydroxylation is 1. The predicted octanol–water partition coefficient (Wildman–Crippen LogP) is 0.904. The number of aromatic nitrogens is 1. The minimum Gasteiger partial charge on any atom is -0.315 e. The monoisotopic (exact) mass is 283 g/mol. The Morgan fingerprint density at radius 1 is 1.47 bits per heavy atom. The normalized spacial score (nSPS) is 20.7. The molecule has 0 spiro atoms. The Morgan fingerprint density at radius 2 is 2.26 bits per heavy atom. The second kappa shape index (κ2) is 5.98. The second-order valence-electron chi connectivity index (χ2n) is 5.04. The number of nitrogens with zero attached hydrogens (tertiary/aromatic N) is 2. The fourth-order valence-corrected chi connectivity index (χ4v) is 3.95. The van der Waals surface area contributed by atoms with Crippen molar-refractivity contribution in [3.63, 3.8) is 0 Å². The Bertz CT molecular complexity index is 524. The zero-order valence-electron chi connectivity index (χ0n) is 11.5. The van der Waals surface area contributed by atoms with E-state index in [1.54, 1.807) is 7.05 Å². The highest BCUT2D eigenvalue weighted by Gasteiger charge is 2.30. The molecule has 1 aromatic rings.